The minimum Gasteiger partial charge on any atom is -0.322 e. The highest BCUT2D eigenvalue weighted by Gasteiger charge is 2.39. The quantitative estimate of drug-likeness (QED) is 0.642. The average molecular weight is 435 g/mol. The lowest BCUT2D eigenvalue weighted by molar-refractivity contribution is -0.136. The highest BCUT2D eigenvalue weighted by Crippen LogP contribution is 2.37. The minimum atomic E-state index is -0.627. The summed E-state index contributed by atoms with van der Waals surface area (Å²) in [5.41, 5.74) is 5.01. The molecule has 3 amide bonds. The topological polar surface area (TPSA) is 84.3 Å². The van der Waals surface area contributed by atoms with E-state index in [2.05, 4.69) is 10.4 Å². The molecule has 2 aromatic carbocycles. The molecule has 5 rings (SSSR count). The second-order valence-electron chi connectivity index (χ2n) is 7.78. The van der Waals surface area contributed by atoms with Crippen molar-refractivity contribution in [1.82, 2.24) is 20.0 Å². The molecule has 2 aliphatic heterocycles. The summed E-state index contributed by atoms with van der Waals surface area (Å²) in [6, 6.07) is 12.6. The Morgan fingerprint density at radius 3 is 2.65 bits per heavy atom. The molecule has 0 aliphatic carbocycles. The Morgan fingerprint density at radius 1 is 1.06 bits per heavy atom. The van der Waals surface area contributed by atoms with Gasteiger partial charge in [-0.3, -0.25) is 24.4 Å². The van der Waals surface area contributed by atoms with Gasteiger partial charge in [0.05, 0.1) is 11.9 Å². The number of aryl methyl sites for hydroxylation is 1. The molecule has 1 fully saturated rings. The van der Waals surface area contributed by atoms with Crippen LogP contribution < -0.4 is 5.32 Å². The van der Waals surface area contributed by atoms with Gasteiger partial charge in [-0.2, -0.15) is 5.10 Å². The molecule has 0 radical (unpaired) electrons. The number of nitrogens with one attached hydrogen (secondary N) is 1. The Hall–Kier alpha value is -3.45. The number of imide groups is 1. The van der Waals surface area contributed by atoms with Gasteiger partial charge in [0.2, 0.25) is 11.8 Å². The van der Waals surface area contributed by atoms with Crippen LogP contribution in [0.15, 0.2) is 48.7 Å². The van der Waals surface area contributed by atoms with Gasteiger partial charge in [-0.05, 0) is 35.7 Å². The number of hydrogen-bond acceptors (Lipinski definition) is 4. The van der Waals surface area contributed by atoms with E-state index in [1.807, 2.05) is 43.4 Å². The van der Waals surface area contributed by atoms with Gasteiger partial charge in [-0.1, -0.05) is 35.9 Å². The second kappa shape index (κ2) is 7.35. The molecule has 1 unspecified atom stereocenters. The van der Waals surface area contributed by atoms with Gasteiger partial charge >= 0.3 is 0 Å². The normalized spacial score (nSPS) is 18.3. The Morgan fingerprint density at radius 2 is 1.87 bits per heavy atom. The molecule has 0 bridgehead atoms. The minimum absolute atomic E-state index is 0.187. The van der Waals surface area contributed by atoms with Crippen molar-refractivity contribution in [1.29, 1.82) is 0 Å². The first kappa shape index (κ1) is 19.5. The van der Waals surface area contributed by atoms with Gasteiger partial charge in [-0.25, -0.2) is 0 Å². The molecule has 7 nitrogen and oxygen atoms in total. The largest absolute Gasteiger partial charge is 0.322 e. The predicted molar refractivity (Wildman–Crippen MR) is 115 cm³/mol. The average Bonchev–Trinajstić information content (AvgIpc) is 3.28. The summed E-state index contributed by atoms with van der Waals surface area (Å²) in [6.45, 7) is 0.329. The van der Waals surface area contributed by atoms with Crippen LogP contribution in [0.1, 0.15) is 28.8 Å². The molecule has 2 aliphatic rings. The van der Waals surface area contributed by atoms with Crippen LogP contribution in [-0.4, -0.2) is 38.4 Å². The number of carbonyl (C=O) groups is 3. The molecule has 1 N–H and O–H groups in total. The smallest absolute Gasteiger partial charge is 0.255 e. The van der Waals surface area contributed by atoms with E-state index < -0.39 is 11.9 Å². The maximum atomic E-state index is 12.9. The van der Waals surface area contributed by atoms with Crippen molar-refractivity contribution < 1.29 is 14.4 Å². The molecule has 0 spiro atoms. The van der Waals surface area contributed by atoms with Gasteiger partial charge in [0.25, 0.3) is 5.91 Å². The van der Waals surface area contributed by atoms with Crippen molar-refractivity contribution in [3.8, 4) is 22.4 Å². The van der Waals surface area contributed by atoms with E-state index in [-0.39, 0.29) is 18.2 Å². The van der Waals surface area contributed by atoms with E-state index in [0.717, 1.165) is 27.9 Å². The molecule has 1 aromatic heterocycles. The first-order chi connectivity index (χ1) is 14.9. The van der Waals surface area contributed by atoms with E-state index in [9.17, 15) is 14.4 Å². The number of piperidine rings is 1. The zero-order valence-electron chi connectivity index (χ0n) is 16.8. The summed E-state index contributed by atoms with van der Waals surface area (Å²) in [5.74, 6) is -0.893. The highest BCUT2D eigenvalue weighted by molar-refractivity contribution is 6.33. The van der Waals surface area contributed by atoms with Gasteiger partial charge < -0.3 is 4.90 Å². The third-order valence-corrected chi connectivity index (χ3v) is 6.23. The van der Waals surface area contributed by atoms with Crippen molar-refractivity contribution in [2.75, 3.05) is 0 Å². The van der Waals surface area contributed by atoms with Crippen LogP contribution in [0.4, 0.5) is 0 Å². The van der Waals surface area contributed by atoms with Gasteiger partial charge in [0.15, 0.2) is 0 Å². The number of hydrogen-bond donors (Lipinski definition) is 1. The van der Waals surface area contributed by atoms with Crippen LogP contribution in [0.5, 0.6) is 0 Å². The fraction of sp³-hybridized carbons (Fsp3) is 0.217. The summed E-state index contributed by atoms with van der Waals surface area (Å²) in [6.07, 6.45) is 2.37. The van der Waals surface area contributed by atoms with Crippen molar-refractivity contribution in [3.05, 3.63) is 64.8 Å². The van der Waals surface area contributed by atoms with Crippen molar-refractivity contribution in [2.24, 2.45) is 7.05 Å². The van der Waals surface area contributed by atoms with Crippen molar-refractivity contribution in [3.63, 3.8) is 0 Å². The number of halogens is 1. The maximum absolute atomic E-state index is 12.9. The lowest BCUT2D eigenvalue weighted by atomic mass is 9.98. The van der Waals surface area contributed by atoms with Gasteiger partial charge in [0, 0.05) is 41.7 Å². The summed E-state index contributed by atoms with van der Waals surface area (Å²) in [4.78, 5) is 38.2. The summed E-state index contributed by atoms with van der Waals surface area (Å²) in [5, 5.41) is 7.38. The van der Waals surface area contributed by atoms with E-state index in [0.29, 0.717) is 23.6 Å². The maximum Gasteiger partial charge on any atom is 0.255 e. The monoisotopic (exact) mass is 434 g/mol. The van der Waals surface area contributed by atoms with E-state index >= 15 is 0 Å². The Kier molecular flexibility index (Phi) is 4.63. The number of nitrogens with zero attached hydrogens (tertiary/aromatic N) is 3. The SMILES string of the molecule is Cn1ncc(-c2ccc3c(c2)CN(C2CCC(=O)NC2=O)C3=O)c1-c1ccccc1Cl. The number of fused-ring (bicyclic) bond motifs is 1. The highest BCUT2D eigenvalue weighted by atomic mass is 35.5. The van der Waals surface area contributed by atoms with Gasteiger partial charge in [0.1, 0.15) is 6.04 Å². The molecule has 1 saturated heterocycles. The standard InChI is InChI=1S/C23H19ClN4O3/c1-27-21(16-4-2-3-5-18(16)24)17(11-25-27)13-6-7-15-14(10-13)12-28(23(15)31)19-8-9-20(29)26-22(19)30/h2-7,10-11,19H,8-9,12H2,1H3,(H,26,29,30). The van der Waals surface area contributed by atoms with Crippen LogP contribution in [0.2, 0.25) is 5.02 Å². The molecule has 3 aromatic rings. The molecule has 31 heavy (non-hydrogen) atoms. The van der Waals surface area contributed by atoms with Crippen LogP contribution in [-0.2, 0) is 23.2 Å². The number of aromatic nitrogens is 2. The van der Waals surface area contributed by atoms with E-state index in [1.54, 1.807) is 21.8 Å². The molecular formula is C23H19ClN4O3. The first-order valence-electron chi connectivity index (χ1n) is 9.99. The number of amides is 3. The molecular weight excluding hydrogens is 416 g/mol. The van der Waals surface area contributed by atoms with Crippen LogP contribution in [0.25, 0.3) is 22.4 Å². The van der Waals surface area contributed by atoms with Crippen molar-refractivity contribution >= 4 is 29.3 Å². The van der Waals surface area contributed by atoms with Crippen molar-refractivity contribution in [2.45, 2.75) is 25.4 Å². The van der Waals surface area contributed by atoms with E-state index in [4.69, 9.17) is 11.6 Å². The Bertz CT molecular complexity index is 1250. The Balaban J connectivity index is 1.51. The number of benzene rings is 2. The molecule has 8 heteroatoms. The third-order valence-electron chi connectivity index (χ3n) is 5.90. The summed E-state index contributed by atoms with van der Waals surface area (Å²) < 4.78 is 1.78. The summed E-state index contributed by atoms with van der Waals surface area (Å²) in [7, 11) is 1.86. The van der Waals surface area contributed by atoms with E-state index in [1.165, 1.54) is 0 Å². The van der Waals surface area contributed by atoms with Crippen LogP contribution in [0.3, 0.4) is 0 Å². The fourth-order valence-electron chi connectivity index (χ4n) is 4.36. The van der Waals surface area contributed by atoms with Crippen LogP contribution in [0, 0.1) is 0 Å². The zero-order chi connectivity index (χ0) is 21.7. The predicted octanol–water partition coefficient (Wildman–Crippen LogP) is 3.17. The first-order valence-corrected chi connectivity index (χ1v) is 10.4. The fourth-order valence-corrected chi connectivity index (χ4v) is 4.59. The second-order valence-corrected chi connectivity index (χ2v) is 8.19. The number of rotatable bonds is 3. The lowest BCUT2D eigenvalue weighted by Crippen LogP contribution is -2.52. The third kappa shape index (κ3) is 3.21. The molecule has 156 valence electrons. The van der Waals surface area contributed by atoms with Gasteiger partial charge in [-0.15, -0.1) is 0 Å². The Labute approximate surface area is 183 Å². The molecule has 0 saturated carbocycles. The summed E-state index contributed by atoms with van der Waals surface area (Å²) >= 11 is 6.43. The molecule has 1 atom stereocenters. The lowest BCUT2D eigenvalue weighted by Gasteiger charge is -2.29. The van der Waals surface area contributed by atoms with Crippen LogP contribution >= 0.6 is 11.6 Å². The molecule has 3 heterocycles. The number of carbonyl (C=O) groups excluding carboxylic acids is 3. The zero-order valence-corrected chi connectivity index (χ0v) is 17.5.